The van der Waals surface area contributed by atoms with Crippen LogP contribution in [0.4, 0.5) is 4.79 Å². The maximum atomic E-state index is 12.3. The number of benzene rings is 1. The molecule has 5 heteroatoms. The standard InChI is InChI=1S/C16H24N2O3/c1-3-14(13-9-6-5-7-10-13)18(4-2)16(21)17-12-8-11-15(19)20/h5-7,9-10,14H,3-4,8,11-12H2,1-2H3,(H,17,21)(H,19,20). The molecule has 116 valence electrons. The first-order chi connectivity index (χ1) is 10.1. The molecule has 0 fully saturated rings. The highest BCUT2D eigenvalue weighted by Gasteiger charge is 2.21. The van der Waals surface area contributed by atoms with Crippen molar-refractivity contribution in [3.8, 4) is 0 Å². The molecule has 0 spiro atoms. The Labute approximate surface area is 126 Å². The second-order valence-corrected chi connectivity index (χ2v) is 4.85. The maximum absolute atomic E-state index is 12.3. The van der Waals surface area contributed by atoms with Crippen LogP contribution in [-0.2, 0) is 4.79 Å². The van der Waals surface area contributed by atoms with Gasteiger partial charge in [-0.25, -0.2) is 4.79 Å². The highest BCUT2D eigenvalue weighted by atomic mass is 16.4. The van der Waals surface area contributed by atoms with E-state index in [2.05, 4.69) is 12.2 Å². The highest BCUT2D eigenvalue weighted by Crippen LogP contribution is 2.23. The molecule has 0 heterocycles. The fourth-order valence-electron chi connectivity index (χ4n) is 2.35. The smallest absolute Gasteiger partial charge is 0.317 e. The zero-order valence-electron chi connectivity index (χ0n) is 12.7. The van der Waals surface area contributed by atoms with Crippen LogP contribution >= 0.6 is 0 Å². The van der Waals surface area contributed by atoms with Gasteiger partial charge in [0.1, 0.15) is 0 Å². The largest absolute Gasteiger partial charge is 0.481 e. The van der Waals surface area contributed by atoms with Crippen molar-refractivity contribution in [2.24, 2.45) is 0 Å². The first-order valence-electron chi connectivity index (χ1n) is 7.41. The Bertz CT molecular complexity index is 448. The predicted octanol–water partition coefficient (Wildman–Crippen LogP) is 3.03. The third kappa shape index (κ3) is 5.45. The van der Waals surface area contributed by atoms with Crippen LogP contribution in [0.2, 0.25) is 0 Å². The molecule has 0 saturated heterocycles. The molecule has 0 aliphatic heterocycles. The lowest BCUT2D eigenvalue weighted by Crippen LogP contribution is -2.42. The van der Waals surface area contributed by atoms with Crippen molar-refractivity contribution in [2.45, 2.75) is 39.2 Å². The minimum Gasteiger partial charge on any atom is -0.481 e. The fraction of sp³-hybridized carbons (Fsp3) is 0.500. The second kappa shape index (κ2) is 9.00. The summed E-state index contributed by atoms with van der Waals surface area (Å²) in [6.45, 7) is 4.99. The Balaban J connectivity index is 2.62. The number of urea groups is 1. The van der Waals surface area contributed by atoms with Gasteiger partial charge in [-0.15, -0.1) is 0 Å². The third-order valence-electron chi connectivity index (χ3n) is 3.39. The topological polar surface area (TPSA) is 69.6 Å². The first-order valence-corrected chi connectivity index (χ1v) is 7.41. The minimum atomic E-state index is -0.840. The first kappa shape index (κ1) is 17.0. The predicted molar refractivity (Wildman–Crippen MR) is 82.1 cm³/mol. The molecular weight excluding hydrogens is 268 g/mol. The van der Waals surface area contributed by atoms with Crippen LogP contribution in [0.3, 0.4) is 0 Å². The van der Waals surface area contributed by atoms with Gasteiger partial charge in [0.15, 0.2) is 0 Å². The molecule has 1 aromatic rings. The highest BCUT2D eigenvalue weighted by molar-refractivity contribution is 5.74. The van der Waals surface area contributed by atoms with Crippen LogP contribution in [-0.4, -0.2) is 35.1 Å². The van der Waals surface area contributed by atoms with Crippen LogP contribution < -0.4 is 5.32 Å². The Kier molecular flexibility index (Phi) is 7.29. The minimum absolute atomic E-state index is 0.0377. The van der Waals surface area contributed by atoms with Crippen LogP contribution in [0.1, 0.15) is 44.7 Å². The lowest BCUT2D eigenvalue weighted by Gasteiger charge is -2.30. The summed E-state index contributed by atoms with van der Waals surface area (Å²) in [4.78, 5) is 24.5. The molecular formula is C16H24N2O3. The third-order valence-corrected chi connectivity index (χ3v) is 3.39. The van der Waals surface area contributed by atoms with Crippen molar-refractivity contribution in [1.82, 2.24) is 10.2 Å². The van der Waals surface area contributed by atoms with Gasteiger partial charge in [0, 0.05) is 19.5 Å². The number of hydrogen-bond donors (Lipinski definition) is 2. The van der Waals surface area contributed by atoms with E-state index in [9.17, 15) is 9.59 Å². The van der Waals surface area contributed by atoms with Crippen LogP contribution in [0.25, 0.3) is 0 Å². The molecule has 5 nitrogen and oxygen atoms in total. The molecule has 2 amide bonds. The fourth-order valence-corrected chi connectivity index (χ4v) is 2.35. The molecule has 2 N–H and O–H groups in total. The van der Waals surface area contributed by atoms with E-state index in [4.69, 9.17) is 5.11 Å². The molecule has 1 rings (SSSR count). The molecule has 0 aliphatic rings. The van der Waals surface area contributed by atoms with E-state index in [1.165, 1.54) is 0 Å². The zero-order chi connectivity index (χ0) is 15.7. The Morgan fingerprint density at radius 2 is 1.90 bits per heavy atom. The van der Waals surface area contributed by atoms with Gasteiger partial charge in [-0.05, 0) is 25.3 Å². The zero-order valence-corrected chi connectivity index (χ0v) is 12.7. The van der Waals surface area contributed by atoms with Crippen molar-refractivity contribution < 1.29 is 14.7 Å². The molecule has 0 bridgehead atoms. The van der Waals surface area contributed by atoms with E-state index in [1.807, 2.05) is 37.3 Å². The number of aliphatic carboxylic acids is 1. The summed E-state index contributed by atoms with van der Waals surface area (Å²) < 4.78 is 0. The van der Waals surface area contributed by atoms with Crippen molar-refractivity contribution >= 4 is 12.0 Å². The summed E-state index contributed by atoms with van der Waals surface area (Å²) in [5, 5.41) is 11.4. The number of carboxylic acid groups (broad SMARTS) is 1. The average Bonchev–Trinajstić information content (AvgIpc) is 2.49. The van der Waals surface area contributed by atoms with Crippen LogP contribution in [0.15, 0.2) is 30.3 Å². The van der Waals surface area contributed by atoms with Crippen molar-refractivity contribution in [2.75, 3.05) is 13.1 Å². The van der Waals surface area contributed by atoms with E-state index in [0.29, 0.717) is 19.5 Å². The summed E-state index contributed by atoms with van der Waals surface area (Å²) in [6, 6.07) is 9.84. The number of nitrogens with zero attached hydrogens (tertiary/aromatic N) is 1. The molecule has 0 aromatic heterocycles. The number of carboxylic acids is 1. The normalized spacial score (nSPS) is 11.7. The number of rotatable bonds is 8. The van der Waals surface area contributed by atoms with Crippen molar-refractivity contribution in [3.63, 3.8) is 0 Å². The molecule has 1 unspecified atom stereocenters. The molecule has 0 saturated carbocycles. The average molecular weight is 292 g/mol. The summed E-state index contributed by atoms with van der Waals surface area (Å²) in [5.41, 5.74) is 1.11. The number of nitrogens with one attached hydrogen (secondary N) is 1. The Hall–Kier alpha value is -2.04. The quantitative estimate of drug-likeness (QED) is 0.724. The van der Waals surface area contributed by atoms with Crippen LogP contribution in [0.5, 0.6) is 0 Å². The van der Waals surface area contributed by atoms with Gasteiger partial charge in [-0.3, -0.25) is 4.79 Å². The van der Waals surface area contributed by atoms with E-state index in [1.54, 1.807) is 4.90 Å². The summed E-state index contributed by atoms with van der Waals surface area (Å²) in [5.74, 6) is -0.840. The van der Waals surface area contributed by atoms with Crippen molar-refractivity contribution in [3.05, 3.63) is 35.9 Å². The van der Waals surface area contributed by atoms with E-state index in [0.717, 1.165) is 12.0 Å². The molecule has 21 heavy (non-hydrogen) atoms. The van der Waals surface area contributed by atoms with Gasteiger partial charge >= 0.3 is 12.0 Å². The van der Waals surface area contributed by atoms with Crippen LogP contribution in [0, 0.1) is 0 Å². The maximum Gasteiger partial charge on any atom is 0.317 e. The molecule has 0 aliphatic carbocycles. The monoisotopic (exact) mass is 292 g/mol. The van der Waals surface area contributed by atoms with Gasteiger partial charge < -0.3 is 15.3 Å². The van der Waals surface area contributed by atoms with Gasteiger partial charge in [-0.2, -0.15) is 0 Å². The molecule has 1 atom stereocenters. The van der Waals surface area contributed by atoms with E-state index < -0.39 is 5.97 Å². The lowest BCUT2D eigenvalue weighted by molar-refractivity contribution is -0.137. The summed E-state index contributed by atoms with van der Waals surface area (Å²) >= 11 is 0. The number of carbonyl (C=O) groups is 2. The SMILES string of the molecule is CCC(c1ccccc1)N(CC)C(=O)NCCCC(=O)O. The number of hydrogen-bond acceptors (Lipinski definition) is 2. The number of carbonyl (C=O) groups excluding carboxylic acids is 1. The summed E-state index contributed by atoms with van der Waals surface area (Å²) in [7, 11) is 0. The molecule has 1 aromatic carbocycles. The Morgan fingerprint density at radius 1 is 1.24 bits per heavy atom. The Morgan fingerprint density at radius 3 is 2.43 bits per heavy atom. The van der Waals surface area contributed by atoms with E-state index >= 15 is 0 Å². The van der Waals surface area contributed by atoms with Gasteiger partial charge in [0.25, 0.3) is 0 Å². The number of amides is 2. The molecule has 0 radical (unpaired) electrons. The second-order valence-electron chi connectivity index (χ2n) is 4.85. The van der Waals surface area contributed by atoms with Crippen molar-refractivity contribution in [1.29, 1.82) is 0 Å². The van der Waals surface area contributed by atoms with Gasteiger partial charge in [0.2, 0.25) is 0 Å². The van der Waals surface area contributed by atoms with Gasteiger partial charge in [-0.1, -0.05) is 37.3 Å². The van der Waals surface area contributed by atoms with Gasteiger partial charge in [0.05, 0.1) is 6.04 Å². The lowest BCUT2D eigenvalue weighted by atomic mass is 10.0. The van der Waals surface area contributed by atoms with E-state index in [-0.39, 0.29) is 18.5 Å². The summed E-state index contributed by atoms with van der Waals surface area (Å²) in [6.07, 6.45) is 1.35.